The van der Waals surface area contributed by atoms with Crippen molar-refractivity contribution in [1.29, 1.82) is 0 Å². The van der Waals surface area contributed by atoms with E-state index in [1.807, 2.05) is 0 Å². The molecule has 4 aliphatic carbocycles. The highest BCUT2D eigenvalue weighted by Crippen LogP contribution is 2.66. The fraction of sp³-hybridized carbons (Fsp3) is 0.852. The number of rotatable bonds is 4. The lowest BCUT2D eigenvalue weighted by molar-refractivity contribution is -0.146. The Bertz CT molecular complexity index is 875. The Hall–Kier alpha value is -1.23. The third-order valence-corrected chi connectivity index (χ3v) is 10.3. The minimum atomic E-state index is -0.957. The summed E-state index contributed by atoms with van der Waals surface area (Å²) >= 11 is 0. The molecule has 3 unspecified atom stereocenters. The molecule has 0 saturated heterocycles. The van der Waals surface area contributed by atoms with Gasteiger partial charge in [-0.2, -0.15) is 5.10 Å². The van der Waals surface area contributed by atoms with E-state index in [1.54, 1.807) is 30.9 Å². The Kier molecular flexibility index (Phi) is 5.39. The van der Waals surface area contributed by atoms with Gasteiger partial charge in [-0.1, -0.05) is 13.8 Å². The number of aliphatic hydroxyl groups is 1. The minimum Gasteiger partial charge on any atom is -0.386 e. The highest BCUT2D eigenvalue weighted by Gasteiger charge is 2.62. The van der Waals surface area contributed by atoms with Gasteiger partial charge in [0.1, 0.15) is 5.67 Å². The summed E-state index contributed by atoms with van der Waals surface area (Å²) < 4.78 is 18.1. The third-order valence-electron chi connectivity index (χ3n) is 10.3. The molecule has 1 aromatic rings. The van der Waals surface area contributed by atoms with Crippen LogP contribution in [0.3, 0.4) is 0 Å². The quantitative estimate of drug-likeness (QED) is 0.650. The van der Waals surface area contributed by atoms with Crippen molar-refractivity contribution in [2.45, 2.75) is 103 Å². The fourth-order valence-corrected chi connectivity index (χ4v) is 8.56. The van der Waals surface area contributed by atoms with Crippen molar-refractivity contribution in [1.82, 2.24) is 9.78 Å². The number of alkyl halides is 1. The largest absolute Gasteiger partial charge is 0.386 e. The normalized spacial score (nSPS) is 43.9. The number of ketones is 1. The van der Waals surface area contributed by atoms with Crippen LogP contribution in [0.5, 0.6) is 0 Å². The highest BCUT2D eigenvalue weighted by atomic mass is 19.1. The number of fused-ring (bicyclic) bond motifs is 5. The topological polar surface area (TPSA) is 55.1 Å². The van der Waals surface area contributed by atoms with E-state index in [2.05, 4.69) is 18.9 Å². The van der Waals surface area contributed by atoms with Gasteiger partial charge in [0.2, 0.25) is 0 Å². The second-order valence-corrected chi connectivity index (χ2v) is 12.6. The molecule has 0 aromatic carbocycles. The lowest BCUT2D eigenvalue weighted by Gasteiger charge is -2.58. The van der Waals surface area contributed by atoms with Crippen molar-refractivity contribution >= 4 is 5.78 Å². The Balaban J connectivity index is 1.32. The van der Waals surface area contributed by atoms with Crippen LogP contribution in [0.25, 0.3) is 0 Å². The average molecular weight is 445 g/mol. The molecule has 1 heterocycles. The van der Waals surface area contributed by atoms with Crippen LogP contribution in [-0.4, -0.2) is 26.3 Å². The van der Waals surface area contributed by atoms with E-state index < -0.39 is 11.3 Å². The molecule has 5 rings (SSSR count). The summed E-state index contributed by atoms with van der Waals surface area (Å²) in [6.45, 7) is 8.35. The van der Waals surface area contributed by atoms with E-state index in [4.69, 9.17) is 0 Å². The summed E-state index contributed by atoms with van der Waals surface area (Å²) in [5, 5.41) is 14.5. The van der Waals surface area contributed by atoms with Crippen LogP contribution in [0.2, 0.25) is 0 Å². The van der Waals surface area contributed by atoms with Gasteiger partial charge in [-0.05, 0) is 107 Å². The minimum absolute atomic E-state index is 0.00433. The number of carbonyl (C=O) groups excluding carboxylic acids is 1. The second kappa shape index (κ2) is 7.65. The first-order chi connectivity index (χ1) is 15.0. The number of aromatic nitrogens is 2. The number of nitrogens with zero attached hydrogens (tertiary/aromatic N) is 2. The van der Waals surface area contributed by atoms with Crippen molar-refractivity contribution < 1.29 is 14.3 Å². The van der Waals surface area contributed by atoms with Gasteiger partial charge in [0, 0.05) is 17.7 Å². The Morgan fingerprint density at radius 1 is 1.19 bits per heavy atom. The van der Waals surface area contributed by atoms with Crippen LogP contribution in [-0.2, 0) is 16.9 Å². The zero-order valence-corrected chi connectivity index (χ0v) is 20.3. The Labute approximate surface area is 192 Å². The van der Waals surface area contributed by atoms with Crippen molar-refractivity contribution in [2.75, 3.05) is 0 Å². The van der Waals surface area contributed by atoms with Gasteiger partial charge in [0.25, 0.3) is 0 Å². The van der Waals surface area contributed by atoms with Crippen molar-refractivity contribution in [3.8, 4) is 0 Å². The van der Waals surface area contributed by atoms with Crippen molar-refractivity contribution in [3.05, 3.63) is 18.0 Å². The number of hydrogen-bond acceptors (Lipinski definition) is 3. The Morgan fingerprint density at radius 3 is 2.69 bits per heavy atom. The molecule has 0 aliphatic heterocycles. The van der Waals surface area contributed by atoms with Crippen LogP contribution in [0, 0.1) is 40.9 Å². The lowest BCUT2D eigenvalue weighted by atomic mass is 9.48. The number of Topliss-reactive ketones (excluding diaryl/α,β-unsaturated/α-hetero) is 1. The van der Waals surface area contributed by atoms with Gasteiger partial charge in [0.15, 0.2) is 5.78 Å². The first-order valence-corrected chi connectivity index (χ1v) is 13.0. The van der Waals surface area contributed by atoms with Crippen LogP contribution in [0.4, 0.5) is 4.39 Å². The summed E-state index contributed by atoms with van der Waals surface area (Å²) in [7, 11) is 0. The van der Waals surface area contributed by atoms with Crippen LogP contribution in [0.15, 0.2) is 12.4 Å². The van der Waals surface area contributed by atoms with Crippen molar-refractivity contribution in [3.63, 3.8) is 0 Å². The van der Waals surface area contributed by atoms with E-state index in [0.717, 1.165) is 63.4 Å². The van der Waals surface area contributed by atoms with Crippen LogP contribution in [0.1, 0.15) is 91.0 Å². The van der Waals surface area contributed by atoms with Crippen LogP contribution >= 0.6 is 0 Å². The standard InChI is InChI=1S/C27H41FN2O2/c1-17-9-12-27(28)18(13-17)5-6-20-21-7-8-23(26(21,4)11-10-22(20)27)24(31)16-30-15-19(14-29-30)25(2,3)32/h14-15,17-18,20-23,32H,5-13,16H2,1-4H3/t17-,18+,20?,21?,22?,23+,26-,27+/m0/s1. The van der Waals surface area contributed by atoms with Crippen LogP contribution < -0.4 is 0 Å². The molecule has 4 aliphatic rings. The molecule has 0 spiro atoms. The summed E-state index contributed by atoms with van der Waals surface area (Å²) in [6.07, 6.45) is 12.4. The zero-order chi connectivity index (χ0) is 22.9. The summed E-state index contributed by atoms with van der Waals surface area (Å²) in [5.41, 5.74) is -1.19. The highest BCUT2D eigenvalue weighted by molar-refractivity contribution is 5.82. The van der Waals surface area contributed by atoms with Gasteiger partial charge in [-0.15, -0.1) is 0 Å². The molecule has 1 aromatic heterocycles. The third kappa shape index (κ3) is 3.49. The summed E-state index contributed by atoms with van der Waals surface area (Å²) in [4.78, 5) is 13.4. The maximum Gasteiger partial charge on any atom is 0.157 e. The molecule has 5 heteroatoms. The monoisotopic (exact) mass is 444 g/mol. The summed E-state index contributed by atoms with van der Waals surface area (Å²) in [5.74, 6) is 2.38. The average Bonchev–Trinajstić information content (AvgIpc) is 3.32. The molecule has 178 valence electrons. The molecule has 0 amide bonds. The molecular formula is C27H41FN2O2. The van der Waals surface area contributed by atoms with Gasteiger partial charge in [-0.25, -0.2) is 4.39 Å². The molecule has 4 nitrogen and oxygen atoms in total. The van der Waals surface area contributed by atoms with Crippen molar-refractivity contribution in [2.24, 2.45) is 40.9 Å². The number of carbonyl (C=O) groups is 1. The maximum absolute atomic E-state index is 16.5. The maximum atomic E-state index is 16.5. The Morgan fingerprint density at radius 2 is 1.97 bits per heavy atom. The molecule has 8 atom stereocenters. The predicted molar refractivity (Wildman–Crippen MR) is 123 cm³/mol. The van der Waals surface area contributed by atoms with E-state index in [-0.39, 0.29) is 35.5 Å². The lowest BCUT2D eigenvalue weighted by Crippen LogP contribution is -2.56. The second-order valence-electron chi connectivity index (χ2n) is 12.6. The van der Waals surface area contributed by atoms with Gasteiger partial charge in [0.05, 0.1) is 18.3 Å². The molecular weight excluding hydrogens is 403 g/mol. The van der Waals surface area contributed by atoms with E-state index >= 15 is 4.39 Å². The molecule has 0 bridgehead atoms. The fourth-order valence-electron chi connectivity index (χ4n) is 8.56. The molecule has 0 radical (unpaired) electrons. The number of halogens is 1. The molecule has 4 saturated carbocycles. The number of hydrogen-bond donors (Lipinski definition) is 1. The van der Waals surface area contributed by atoms with E-state index in [9.17, 15) is 9.90 Å². The predicted octanol–water partition coefficient (Wildman–Crippen LogP) is 5.68. The first-order valence-electron chi connectivity index (χ1n) is 13.0. The zero-order valence-electron chi connectivity index (χ0n) is 20.3. The molecule has 4 fully saturated rings. The van der Waals surface area contributed by atoms with E-state index in [1.165, 1.54) is 0 Å². The SMILES string of the molecule is C[C@H]1CC[C@]2(F)C3CC[C@@]4(C)C(CC[C@@H]4C(=O)Cn4cc(C(C)(C)O)cn4)C3CC[C@@H]2C1. The van der Waals surface area contributed by atoms with E-state index in [0.29, 0.717) is 17.8 Å². The van der Waals surface area contributed by atoms with Gasteiger partial charge < -0.3 is 5.11 Å². The molecule has 32 heavy (non-hydrogen) atoms. The smallest absolute Gasteiger partial charge is 0.157 e. The summed E-state index contributed by atoms with van der Waals surface area (Å²) in [6, 6.07) is 0. The van der Waals surface area contributed by atoms with Gasteiger partial charge >= 0.3 is 0 Å². The van der Waals surface area contributed by atoms with Gasteiger partial charge in [-0.3, -0.25) is 9.48 Å². The first kappa shape index (κ1) is 22.6. The molecule has 1 N–H and O–H groups in total.